The van der Waals surface area contributed by atoms with Crippen molar-refractivity contribution in [2.24, 2.45) is 5.41 Å². The number of hydrogen-bond donors (Lipinski definition) is 2. The normalized spacial score (nSPS) is 17.1. The zero-order valence-corrected chi connectivity index (χ0v) is 10.2. The van der Waals surface area contributed by atoms with Crippen molar-refractivity contribution in [1.82, 2.24) is 4.57 Å². The third kappa shape index (κ3) is 1.54. The van der Waals surface area contributed by atoms with Gasteiger partial charge in [-0.05, 0) is 23.9 Å². The fraction of sp³-hybridized carbons (Fsp3) is 0.286. The molecule has 1 aromatic carbocycles. The number of fused-ring (bicyclic) bond motifs is 3. The Morgan fingerprint density at radius 3 is 2.53 bits per heavy atom. The second-order valence-corrected chi connectivity index (χ2v) is 4.97. The summed E-state index contributed by atoms with van der Waals surface area (Å²) in [5, 5.41) is 19.6. The molecule has 2 N–H and O–H groups in total. The molecule has 0 spiro atoms. The molecule has 0 aliphatic carbocycles. The van der Waals surface area contributed by atoms with E-state index in [9.17, 15) is 19.8 Å². The maximum atomic E-state index is 11.4. The number of aryl methyl sites for hydroxylation is 1. The Labute approximate surface area is 109 Å². The van der Waals surface area contributed by atoms with Crippen molar-refractivity contribution in [2.75, 3.05) is 0 Å². The van der Waals surface area contributed by atoms with E-state index in [1.54, 1.807) is 0 Å². The van der Waals surface area contributed by atoms with Gasteiger partial charge in [-0.2, -0.15) is 0 Å². The summed E-state index contributed by atoms with van der Waals surface area (Å²) in [5.41, 5.74) is 0.115. The highest BCUT2D eigenvalue weighted by molar-refractivity contribution is 5.99. The van der Waals surface area contributed by atoms with Gasteiger partial charge in [0.1, 0.15) is 0 Å². The number of hydrogen-bond acceptors (Lipinski definition) is 2. The van der Waals surface area contributed by atoms with Crippen LogP contribution in [0.4, 0.5) is 0 Å². The third-order valence-corrected chi connectivity index (χ3v) is 3.96. The minimum atomic E-state index is -1.69. The molecular formula is C14H13NO4. The highest BCUT2D eigenvalue weighted by Gasteiger charge is 2.49. The van der Waals surface area contributed by atoms with Crippen LogP contribution in [-0.4, -0.2) is 26.7 Å². The van der Waals surface area contributed by atoms with Crippen molar-refractivity contribution in [3.8, 4) is 0 Å². The Hall–Kier alpha value is -2.30. The molecule has 0 radical (unpaired) electrons. The Morgan fingerprint density at radius 1 is 1.16 bits per heavy atom. The van der Waals surface area contributed by atoms with E-state index in [-0.39, 0.29) is 12.8 Å². The van der Waals surface area contributed by atoms with Crippen LogP contribution in [0.5, 0.6) is 0 Å². The summed E-state index contributed by atoms with van der Waals surface area (Å²) >= 11 is 0. The van der Waals surface area contributed by atoms with Crippen LogP contribution in [0.3, 0.4) is 0 Å². The SMILES string of the molecule is O=C(O)C1(C(=O)O)CCn2c(cc3ccccc32)C1. The van der Waals surface area contributed by atoms with Gasteiger partial charge in [0.25, 0.3) is 0 Å². The fourth-order valence-electron chi connectivity index (χ4n) is 2.83. The van der Waals surface area contributed by atoms with Crippen LogP contribution >= 0.6 is 0 Å². The number of benzene rings is 1. The molecular weight excluding hydrogens is 246 g/mol. The van der Waals surface area contributed by atoms with E-state index < -0.39 is 17.4 Å². The number of para-hydroxylation sites is 1. The first-order chi connectivity index (χ1) is 9.04. The van der Waals surface area contributed by atoms with Gasteiger partial charge >= 0.3 is 11.9 Å². The van der Waals surface area contributed by atoms with Crippen molar-refractivity contribution < 1.29 is 19.8 Å². The Morgan fingerprint density at radius 2 is 1.84 bits per heavy atom. The molecule has 98 valence electrons. The average molecular weight is 259 g/mol. The Bertz CT molecular complexity index is 672. The van der Waals surface area contributed by atoms with Crippen LogP contribution in [0.1, 0.15) is 12.1 Å². The highest BCUT2D eigenvalue weighted by atomic mass is 16.4. The first kappa shape index (κ1) is 11.8. The average Bonchev–Trinajstić information content (AvgIpc) is 2.75. The van der Waals surface area contributed by atoms with Gasteiger partial charge in [-0.25, -0.2) is 0 Å². The van der Waals surface area contributed by atoms with Crippen LogP contribution in [0.25, 0.3) is 10.9 Å². The van der Waals surface area contributed by atoms with E-state index in [2.05, 4.69) is 0 Å². The van der Waals surface area contributed by atoms with Gasteiger partial charge in [-0.3, -0.25) is 9.59 Å². The van der Waals surface area contributed by atoms with Gasteiger partial charge in [0.2, 0.25) is 0 Å². The van der Waals surface area contributed by atoms with E-state index in [1.165, 1.54) is 0 Å². The maximum Gasteiger partial charge on any atom is 0.321 e. The summed E-state index contributed by atoms with van der Waals surface area (Å²) in [7, 11) is 0. The summed E-state index contributed by atoms with van der Waals surface area (Å²) in [6.07, 6.45) is 0.148. The van der Waals surface area contributed by atoms with E-state index in [0.717, 1.165) is 16.6 Å². The van der Waals surface area contributed by atoms with Gasteiger partial charge in [0, 0.05) is 24.2 Å². The number of rotatable bonds is 2. The molecule has 0 fully saturated rings. The van der Waals surface area contributed by atoms with Crippen LogP contribution in [0.2, 0.25) is 0 Å². The lowest BCUT2D eigenvalue weighted by atomic mass is 9.78. The fourth-order valence-corrected chi connectivity index (χ4v) is 2.83. The van der Waals surface area contributed by atoms with Crippen molar-refractivity contribution in [3.05, 3.63) is 36.0 Å². The van der Waals surface area contributed by atoms with Crippen LogP contribution < -0.4 is 0 Å². The molecule has 0 bridgehead atoms. The van der Waals surface area contributed by atoms with Gasteiger partial charge in [0.15, 0.2) is 5.41 Å². The molecule has 0 amide bonds. The lowest BCUT2D eigenvalue weighted by Crippen LogP contribution is -2.45. The maximum absolute atomic E-state index is 11.4. The molecule has 5 nitrogen and oxygen atoms in total. The van der Waals surface area contributed by atoms with Crippen LogP contribution in [-0.2, 0) is 22.6 Å². The van der Waals surface area contributed by atoms with Crippen LogP contribution in [0.15, 0.2) is 30.3 Å². The quantitative estimate of drug-likeness (QED) is 0.805. The molecule has 0 unspecified atom stereocenters. The number of carboxylic acids is 2. The summed E-state index contributed by atoms with van der Waals surface area (Å²) in [4.78, 5) is 22.7. The number of aromatic nitrogens is 1. The minimum absolute atomic E-state index is 0.0341. The van der Waals surface area contributed by atoms with E-state index >= 15 is 0 Å². The van der Waals surface area contributed by atoms with E-state index in [1.807, 2.05) is 34.9 Å². The smallest absolute Gasteiger partial charge is 0.321 e. The minimum Gasteiger partial charge on any atom is -0.480 e. The summed E-state index contributed by atoms with van der Waals surface area (Å²) in [6.45, 7) is 0.418. The summed E-state index contributed by atoms with van der Waals surface area (Å²) in [6, 6.07) is 9.63. The molecule has 0 saturated carbocycles. The second-order valence-electron chi connectivity index (χ2n) is 4.97. The Balaban J connectivity index is 2.14. The first-order valence-electron chi connectivity index (χ1n) is 6.08. The molecule has 2 aromatic rings. The standard InChI is InChI=1S/C14H13NO4/c16-12(17)14(13(18)19)5-6-15-10(8-14)7-9-3-1-2-4-11(9)15/h1-4,7H,5-6,8H2,(H,16,17)(H,18,19). The highest BCUT2D eigenvalue weighted by Crippen LogP contribution is 2.36. The lowest BCUT2D eigenvalue weighted by Gasteiger charge is -2.30. The topological polar surface area (TPSA) is 79.5 Å². The van der Waals surface area contributed by atoms with Crippen LogP contribution in [0, 0.1) is 5.41 Å². The molecule has 1 aliphatic rings. The predicted octanol–water partition coefficient (Wildman–Crippen LogP) is 1.74. The zero-order chi connectivity index (χ0) is 13.6. The largest absolute Gasteiger partial charge is 0.480 e. The van der Waals surface area contributed by atoms with E-state index in [0.29, 0.717) is 6.54 Å². The van der Waals surface area contributed by atoms with Crippen molar-refractivity contribution in [3.63, 3.8) is 0 Å². The van der Waals surface area contributed by atoms with Crippen molar-refractivity contribution >= 4 is 22.8 Å². The number of carbonyl (C=O) groups is 2. The monoisotopic (exact) mass is 259 g/mol. The predicted molar refractivity (Wildman–Crippen MR) is 68.0 cm³/mol. The second kappa shape index (κ2) is 3.85. The molecule has 0 atom stereocenters. The van der Waals surface area contributed by atoms with Gasteiger partial charge in [0.05, 0.1) is 0 Å². The zero-order valence-electron chi connectivity index (χ0n) is 10.2. The first-order valence-corrected chi connectivity index (χ1v) is 6.08. The molecule has 3 rings (SSSR count). The van der Waals surface area contributed by atoms with Gasteiger partial charge < -0.3 is 14.8 Å². The molecule has 5 heteroatoms. The molecule has 0 saturated heterocycles. The molecule has 19 heavy (non-hydrogen) atoms. The summed E-state index contributed by atoms with van der Waals surface area (Å²) in [5.74, 6) is -2.51. The number of carboxylic acid groups (broad SMARTS) is 2. The van der Waals surface area contributed by atoms with Crippen molar-refractivity contribution in [2.45, 2.75) is 19.4 Å². The number of aliphatic carboxylic acids is 2. The number of nitrogens with zero attached hydrogens (tertiary/aromatic N) is 1. The summed E-state index contributed by atoms with van der Waals surface area (Å²) < 4.78 is 2.01. The molecule has 1 aromatic heterocycles. The van der Waals surface area contributed by atoms with Gasteiger partial charge in [-0.15, -0.1) is 0 Å². The Kier molecular flexibility index (Phi) is 2.38. The third-order valence-electron chi connectivity index (χ3n) is 3.96. The van der Waals surface area contributed by atoms with Gasteiger partial charge in [-0.1, -0.05) is 18.2 Å². The van der Waals surface area contributed by atoms with Crippen molar-refractivity contribution in [1.29, 1.82) is 0 Å². The van der Waals surface area contributed by atoms with E-state index in [4.69, 9.17) is 0 Å². The molecule has 1 aliphatic heterocycles. The molecule has 2 heterocycles. The lowest BCUT2D eigenvalue weighted by molar-refractivity contribution is -0.166.